The van der Waals surface area contributed by atoms with Gasteiger partial charge in [0.1, 0.15) is 5.82 Å². The van der Waals surface area contributed by atoms with Gasteiger partial charge in [-0.3, -0.25) is 4.90 Å². The van der Waals surface area contributed by atoms with Crippen LogP contribution in [0.1, 0.15) is 58.2 Å². The standard InChI is InChI=1S/C24H32N6O2/c1-5-6-9-19-14-21(28-22(27-19)26-18-10-7-8-17(13-18)15-25)29-12-11-20(16-29)30(23(31)32)24(2,3)4/h7-8,10,13-14,20H,5-6,9,11-12,16H2,1-4H3,(H,31,32)(H,26,27,28)/t20-/m0/s1. The summed E-state index contributed by atoms with van der Waals surface area (Å²) < 4.78 is 0. The molecule has 1 aliphatic heterocycles. The van der Waals surface area contributed by atoms with Crippen LogP contribution in [0.15, 0.2) is 30.3 Å². The lowest BCUT2D eigenvalue weighted by molar-refractivity contribution is 0.0763. The largest absolute Gasteiger partial charge is 0.465 e. The van der Waals surface area contributed by atoms with Crippen LogP contribution in [-0.2, 0) is 6.42 Å². The Kier molecular flexibility index (Phi) is 7.18. The molecule has 2 N–H and O–H groups in total. The Labute approximate surface area is 189 Å². The quantitative estimate of drug-likeness (QED) is 0.643. The maximum absolute atomic E-state index is 11.9. The van der Waals surface area contributed by atoms with Crippen molar-refractivity contribution in [2.75, 3.05) is 23.3 Å². The molecule has 0 spiro atoms. The first-order chi connectivity index (χ1) is 15.2. The molecule has 0 radical (unpaired) electrons. The second kappa shape index (κ2) is 9.86. The summed E-state index contributed by atoms with van der Waals surface area (Å²) in [5.41, 5.74) is 1.80. The Morgan fingerprint density at radius 2 is 2.12 bits per heavy atom. The molecule has 32 heavy (non-hydrogen) atoms. The van der Waals surface area contributed by atoms with Crippen molar-refractivity contribution >= 4 is 23.5 Å². The third-order valence-corrected chi connectivity index (χ3v) is 5.58. The van der Waals surface area contributed by atoms with Crippen LogP contribution < -0.4 is 10.2 Å². The average Bonchev–Trinajstić information content (AvgIpc) is 3.20. The van der Waals surface area contributed by atoms with Crippen molar-refractivity contribution in [3.63, 3.8) is 0 Å². The highest BCUT2D eigenvalue weighted by Crippen LogP contribution is 2.28. The minimum atomic E-state index is -0.893. The first-order valence-electron chi connectivity index (χ1n) is 11.1. The Morgan fingerprint density at radius 3 is 2.78 bits per heavy atom. The predicted octanol–water partition coefficient (Wildman–Crippen LogP) is 4.79. The number of rotatable bonds is 7. The number of nitrogens with zero attached hydrogens (tertiary/aromatic N) is 5. The summed E-state index contributed by atoms with van der Waals surface area (Å²) in [5.74, 6) is 1.28. The van der Waals surface area contributed by atoms with Crippen molar-refractivity contribution in [2.45, 2.75) is 65.0 Å². The van der Waals surface area contributed by atoms with Gasteiger partial charge < -0.3 is 15.3 Å². The molecular formula is C24H32N6O2. The summed E-state index contributed by atoms with van der Waals surface area (Å²) in [5, 5.41) is 22.2. The number of amides is 1. The molecule has 1 amide bonds. The predicted molar refractivity (Wildman–Crippen MR) is 125 cm³/mol. The van der Waals surface area contributed by atoms with Gasteiger partial charge in [0.05, 0.1) is 17.7 Å². The molecule has 2 heterocycles. The number of unbranched alkanes of at least 4 members (excludes halogenated alkanes) is 1. The maximum Gasteiger partial charge on any atom is 0.408 e. The number of anilines is 3. The molecule has 1 aliphatic rings. The fourth-order valence-electron chi connectivity index (χ4n) is 4.13. The third-order valence-electron chi connectivity index (χ3n) is 5.58. The number of nitriles is 1. The first kappa shape index (κ1) is 23.3. The van der Waals surface area contributed by atoms with Gasteiger partial charge in [0, 0.05) is 36.1 Å². The van der Waals surface area contributed by atoms with Crippen LogP contribution in [0.5, 0.6) is 0 Å². The van der Waals surface area contributed by atoms with E-state index in [1.807, 2.05) is 39.0 Å². The van der Waals surface area contributed by atoms with Crippen LogP contribution in [0.2, 0.25) is 0 Å². The molecule has 1 fully saturated rings. The van der Waals surface area contributed by atoms with Crippen LogP contribution in [0.3, 0.4) is 0 Å². The summed E-state index contributed by atoms with van der Waals surface area (Å²) in [6.45, 7) is 9.25. The van der Waals surface area contributed by atoms with Gasteiger partial charge in [-0.2, -0.15) is 10.2 Å². The molecule has 1 atom stereocenters. The fourth-order valence-corrected chi connectivity index (χ4v) is 4.13. The number of aryl methyl sites for hydroxylation is 1. The van der Waals surface area contributed by atoms with Gasteiger partial charge in [-0.25, -0.2) is 9.78 Å². The molecule has 8 heteroatoms. The van der Waals surface area contributed by atoms with Crippen molar-refractivity contribution in [1.29, 1.82) is 5.26 Å². The van der Waals surface area contributed by atoms with E-state index in [0.717, 1.165) is 49.4 Å². The highest BCUT2D eigenvalue weighted by molar-refractivity contribution is 5.67. The zero-order chi connectivity index (χ0) is 23.3. The van der Waals surface area contributed by atoms with E-state index in [0.29, 0.717) is 18.1 Å². The molecule has 1 aromatic carbocycles. The summed E-state index contributed by atoms with van der Waals surface area (Å²) in [7, 11) is 0. The van der Waals surface area contributed by atoms with Gasteiger partial charge in [0.15, 0.2) is 0 Å². The summed E-state index contributed by atoms with van der Waals surface area (Å²) in [6.07, 6.45) is 2.80. The van der Waals surface area contributed by atoms with E-state index in [9.17, 15) is 9.90 Å². The van der Waals surface area contributed by atoms with Gasteiger partial charge in [-0.1, -0.05) is 19.4 Å². The van der Waals surface area contributed by atoms with Gasteiger partial charge in [0.25, 0.3) is 0 Å². The van der Waals surface area contributed by atoms with Crippen LogP contribution >= 0.6 is 0 Å². The van der Waals surface area contributed by atoms with Crippen molar-refractivity contribution in [2.24, 2.45) is 0 Å². The zero-order valence-electron chi connectivity index (χ0n) is 19.3. The number of carbonyl (C=O) groups is 1. The molecule has 8 nitrogen and oxygen atoms in total. The van der Waals surface area contributed by atoms with Crippen LogP contribution in [-0.4, -0.2) is 50.7 Å². The second-order valence-electron chi connectivity index (χ2n) is 9.17. The number of nitrogens with one attached hydrogen (secondary N) is 1. The van der Waals surface area contributed by atoms with Gasteiger partial charge >= 0.3 is 6.09 Å². The van der Waals surface area contributed by atoms with Crippen molar-refractivity contribution in [3.05, 3.63) is 41.6 Å². The van der Waals surface area contributed by atoms with E-state index < -0.39 is 11.6 Å². The molecule has 3 rings (SSSR count). The number of hydrogen-bond donors (Lipinski definition) is 2. The summed E-state index contributed by atoms with van der Waals surface area (Å²) in [4.78, 5) is 25.0. The van der Waals surface area contributed by atoms with Gasteiger partial charge in [-0.15, -0.1) is 0 Å². The third kappa shape index (κ3) is 5.67. The highest BCUT2D eigenvalue weighted by Gasteiger charge is 2.37. The molecule has 0 bridgehead atoms. The van der Waals surface area contributed by atoms with Gasteiger partial charge in [-0.05, 0) is 58.2 Å². The summed E-state index contributed by atoms with van der Waals surface area (Å²) in [6, 6.07) is 11.3. The maximum atomic E-state index is 11.9. The van der Waals surface area contributed by atoms with Crippen LogP contribution in [0.25, 0.3) is 0 Å². The van der Waals surface area contributed by atoms with Crippen LogP contribution in [0, 0.1) is 11.3 Å². The Balaban J connectivity index is 1.86. The fraction of sp³-hybridized carbons (Fsp3) is 0.500. The minimum Gasteiger partial charge on any atom is -0.465 e. The van der Waals surface area contributed by atoms with Gasteiger partial charge in [0.2, 0.25) is 5.95 Å². The molecule has 170 valence electrons. The highest BCUT2D eigenvalue weighted by atomic mass is 16.4. The summed E-state index contributed by atoms with van der Waals surface area (Å²) >= 11 is 0. The van der Waals surface area contributed by atoms with Crippen molar-refractivity contribution in [1.82, 2.24) is 14.9 Å². The normalized spacial score (nSPS) is 16.0. The number of carboxylic acid groups (broad SMARTS) is 1. The number of benzene rings is 1. The van der Waals surface area contributed by atoms with E-state index in [1.165, 1.54) is 0 Å². The Bertz CT molecular complexity index is 995. The molecule has 1 aromatic heterocycles. The SMILES string of the molecule is CCCCc1cc(N2CC[C@H](N(C(=O)O)C(C)(C)C)C2)nc(Nc2cccc(C#N)c2)n1. The zero-order valence-corrected chi connectivity index (χ0v) is 19.3. The number of hydrogen-bond acceptors (Lipinski definition) is 6. The van der Waals surface area contributed by atoms with E-state index in [1.54, 1.807) is 17.0 Å². The molecule has 2 aromatic rings. The lowest BCUT2D eigenvalue weighted by Crippen LogP contribution is -2.52. The second-order valence-corrected chi connectivity index (χ2v) is 9.17. The van der Waals surface area contributed by atoms with Crippen molar-refractivity contribution < 1.29 is 9.90 Å². The van der Waals surface area contributed by atoms with Crippen molar-refractivity contribution in [3.8, 4) is 6.07 Å². The lowest BCUT2D eigenvalue weighted by Gasteiger charge is -2.38. The van der Waals surface area contributed by atoms with E-state index in [2.05, 4.69) is 28.2 Å². The minimum absolute atomic E-state index is 0.0923. The monoisotopic (exact) mass is 436 g/mol. The first-order valence-corrected chi connectivity index (χ1v) is 11.1. The van der Waals surface area contributed by atoms with E-state index in [4.69, 9.17) is 10.2 Å². The Morgan fingerprint density at radius 1 is 1.34 bits per heavy atom. The lowest BCUT2D eigenvalue weighted by atomic mass is 10.0. The molecule has 1 saturated heterocycles. The number of aromatic nitrogens is 2. The smallest absolute Gasteiger partial charge is 0.408 e. The topological polar surface area (TPSA) is 105 Å². The molecule has 0 aliphatic carbocycles. The van der Waals surface area contributed by atoms with Crippen LogP contribution in [0.4, 0.5) is 22.2 Å². The van der Waals surface area contributed by atoms with E-state index >= 15 is 0 Å². The molecule has 0 unspecified atom stereocenters. The average molecular weight is 437 g/mol. The molecule has 0 saturated carbocycles. The van der Waals surface area contributed by atoms with E-state index in [-0.39, 0.29) is 6.04 Å². The Hall–Kier alpha value is -3.34. The molecular weight excluding hydrogens is 404 g/mol.